The molecule has 1 aromatic carbocycles. The van der Waals surface area contributed by atoms with Gasteiger partial charge in [0.05, 0.1) is 29.2 Å². The van der Waals surface area contributed by atoms with Crippen LogP contribution in [0.1, 0.15) is 34.2 Å². The number of amides is 1. The molecule has 0 aliphatic heterocycles. The molecular formula is C17H21N3O4. The highest BCUT2D eigenvalue weighted by molar-refractivity contribution is 5.98. The van der Waals surface area contributed by atoms with Gasteiger partial charge in [-0.3, -0.25) is 9.48 Å². The largest absolute Gasteiger partial charge is 0.449 e. The molecule has 24 heavy (non-hydrogen) atoms. The topological polar surface area (TPSA) is 93.5 Å². The van der Waals surface area contributed by atoms with Crippen LogP contribution in [0.4, 0.5) is 5.69 Å². The predicted molar refractivity (Wildman–Crippen MR) is 88.6 cm³/mol. The lowest BCUT2D eigenvalue weighted by molar-refractivity contribution is -0.123. The van der Waals surface area contributed by atoms with Gasteiger partial charge in [0.1, 0.15) is 0 Å². The zero-order chi connectivity index (χ0) is 17.9. The molecule has 1 heterocycles. The van der Waals surface area contributed by atoms with Crippen molar-refractivity contribution in [1.82, 2.24) is 9.78 Å². The lowest BCUT2D eigenvalue weighted by Gasteiger charge is -2.14. The van der Waals surface area contributed by atoms with E-state index in [1.54, 1.807) is 42.9 Å². The molecule has 0 aliphatic rings. The summed E-state index contributed by atoms with van der Waals surface area (Å²) in [6.45, 7) is 5.05. The number of anilines is 1. The van der Waals surface area contributed by atoms with Crippen LogP contribution in [0.5, 0.6) is 0 Å². The molecule has 0 radical (unpaired) electrons. The van der Waals surface area contributed by atoms with Gasteiger partial charge in [-0.25, -0.2) is 4.79 Å². The summed E-state index contributed by atoms with van der Waals surface area (Å²) >= 11 is 0. The number of hydrogen-bond acceptors (Lipinski definition) is 5. The molecule has 2 N–H and O–H groups in total. The van der Waals surface area contributed by atoms with Gasteiger partial charge in [0, 0.05) is 7.05 Å². The fourth-order valence-electron chi connectivity index (χ4n) is 2.21. The molecular weight excluding hydrogens is 310 g/mol. The molecule has 0 aliphatic carbocycles. The van der Waals surface area contributed by atoms with E-state index in [1.807, 2.05) is 6.92 Å². The van der Waals surface area contributed by atoms with E-state index < -0.39 is 18.0 Å². The van der Waals surface area contributed by atoms with E-state index in [0.717, 1.165) is 5.69 Å². The highest BCUT2D eigenvalue weighted by Gasteiger charge is 2.21. The van der Waals surface area contributed by atoms with Crippen LogP contribution in [-0.2, 0) is 23.2 Å². The summed E-state index contributed by atoms with van der Waals surface area (Å²) in [4.78, 5) is 24.3. The summed E-state index contributed by atoms with van der Waals surface area (Å²) in [7, 11) is 1.79. The summed E-state index contributed by atoms with van der Waals surface area (Å²) in [5.74, 6) is -1.02. The van der Waals surface area contributed by atoms with Gasteiger partial charge in [-0.05, 0) is 38.5 Å². The maximum Gasteiger partial charge on any atom is 0.338 e. The fourth-order valence-corrected chi connectivity index (χ4v) is 2.21. The van der Waals surface area contributed by atoms with Crippen molar-refractivity contribution in [3.63, 3.8) is 0 Å². The molecule has 1 amide bonds. The normalized spacial score (nSPS) is 11.9. The van der Waals surface area contributed by atoms with Crippen molar-refractivity contribution >= 4 is 17.6 Å². The Hall–Kier alpha value is -2.67. The summed E-state index contributed by atoms with van der Waals surface area (Å²) in [5, 5.41) is 16.0. The first-order chi connectivity index (χ1) is 11.3. The number of esters is 1. The molecule has 0 spiro atoms. The summed E-state index contributed by atoms with van der Waals surface area (Å²) in [6, 6.07) is 6.36. The average Bonchev–Trinajstić information content (AvgIpc) is 2.81. The first kappa shape index (κ1) is 17.7. The number of carbonyl (C=O) groups excluding carboxylic acids is 2. The second-order valence-electron chi connectivity index (χ2n) is 5.56. The third-order valence-electron chi connectivity index (χ3n) is 3.78. The first-order valence-electron chi connectivity index (χ1n) is 7.55. The maximum atomic E-state index is 12.2. The number of nitrogens with zero attached hydrogens (tertiary/aromatic N) is 2. The molecule has 7 heteroatoms. The van der Waals surface area contributed by atoms with E-state index in [9.17, 15) is 9.59 Å². The lowest BCUT2D eigenvalue weighted by atomic mass is 10.1. The minimum Gasteiger partial charge on any atom is -0.449 e. The number of carbonyl (C=O) groups is 2. The molecule has 128 valence electrons. The first-order valence-corrected chi connectivity index (χ1v) is 7.55. The third kappa shape index (κ3) is 3.80. The standard InChI is InChI=1S/C17H21N3O4/c1-10-15(11(2)20(4)19-10)18-16(22)12(3)24-17(23)14-7-5-13(9-21)6-8-14/h5-8,12,21H,9H2,1-4H3,(H,18,22)/t12-/m0/s1. The highest BCUT2D eigenvalue weighted by Crippen LogP contribution is 2.19. The third-order valence-corrected chi connectivity index (χ3v) is 3.78. The van der Waals surface area contributed by atoms with Gasteiger partial charge in [-0.2, -0.15) is 5.10 Å². The Kier molecular flexibility index (Phi) is 5.35. The SMILES string of the molecule is Cc1nn(C)c(C)c1NC(=O)[C@H](C)OC(=O)c1ccc(CO)cc1. The van der Waals surface area contributed by atoms with E-state index >= 15 is 0 Å². The van der Waals surface area contributed by atoms with Crippen molar-refractivity contribution in [2.45, 2.75) is 33.5 Å². The van der Waals surface area contributed by atoms with Gasteiger partial charge in [-0.15, -0.1) is 0 Å². The Balaban J connectivity index is 2.01. The van der Waals surface area contributed by atoms with Crippen LogP contribution in [0.3, 0.4) is 0 Å². The molecule has 1 atom stereocenters. The van der Waals surface area contributed by atoms with Crippen LogP contribution >= 0.6 is 0 Å². The molecule has 0 saturated carbocycles. The van der Waals surface area contributed by atoms with E-state index in [2.05, 4.69) is 10.4 Å². The summed E-state index contributed by atoms with van der Waals surface area (Å²) < 4.78 is 6.86. The molecule has 0 unspecified atom stereocenters. The minimum absolute atomic E-state index is 0.0993. The molecule has 1 aromatic heterocycles. The van der Waals surface area contributed by atoms with E-state index in [-0.39, 0.29) is 6.61 Å². The van der Waals surface area contributed by atoms with E-state index in [1.165, 1.54) is 6.92 Å². The summed E-state index contributed by atoms with van der Waals surface area (Å²) in [5.41, 5.74) is 3.15. The second kappa shape index (κ2) is 7.27. The predicted octanol–water partition coefficient (Wildman–Crippen LogP) is 1.71. The number of aromatic nitrogens is 2. The van der Waals surface area contributed by atoms with Crippen molar-refractivity contribution < 1.29 is 19.4 Å². The second-order valence-corrected chi connectivity index (χ2v) is 5.56. The van der Waals surface area contributed by atoms with Crippen LogP contribution in [0.25, 0.3) is 0 Å². The van der Waals surface area contributed by atoms with Crippen LogP contribution in [-0.4, -0.2) is 32.9 Å². The zero-order valence-corrected chi connectivity index (χ0v) is 14.2. The fraction of sp³-hybridized carbons (Fsp3) is 0.353. The van der Waals surface area contributed by atoms with E-state index in [0.29, 0.717) is 22.5 Å². The number of aliphatic hydroxyl groups excluding tert-OH is 1. The van der Waals surface area contributed by atoms with Crippen LogP contribution in [0.15, 0.2) is 24.3 Å². The number of ether oxygens (including phenoxy) is 1. The highest BCUT2D eigenvalue weighted by atomic mass is 16.5. The number of aliphatic hydroxyl groups is 1. The Morgan fingerprint density at radius 3 is 2.42 bits per heavy atom. The van der Waals surface area contributed by atoms with Crippen molar-refractivity contribution in [1.29, 1.82) is 0 Å². The van der Waals surface area contributed by atoms with Crippen molar-refractivity contribution in [2.24, 2.45) is 7.05 Å². The van der Waals surface area contributed by atoms with E-state index in [4.69, 9.17) is 9.84 Å². The molecule has 2 rings (SSSR count). The molecule has 2 aromatic rings. The Morgan fingerprint density at radius 2 is 1.92 bits per heavy atom. The van der Waals surface area contributed by atoms with Gasteiger partial charge in [0.15, 0.2) is 6.10 Å². The van der Waals surface area contributed by atoms with Crippen LogP contribution in [0, 0.1) is 13.8 Å². The van der Waals surface area contributed by atoms with Gasteiger partial charge in [0.25, 0.3) is 5.91 Å². The van der Waals surface area contributed by atoms with Crippen molar-refractivity contribution in [3.8, 4) is 0 Å². The van der Waals surface area contributed by atoms with Gasteiger partial charge < -0.3 is 15.2 Å². The lowest BCUT2D eigenvalue weighted by Crippen LogP contribution is -2.30. The number of rotatable bonds is 5. The van der Waals surface area contributed by atoms with Gasteiger partial charge in [-0.1, -0.05) is 12.1 Å². The minimum atomic E-state index is -0.950. The Morgan fingerprint density at radius 1 is 1.29 bits per heavy atom. The monoisotopic (exact) mass is 331 g/mol. The average molecular weight is 331 g/mol. The van der Waals surface area contributed by atoms with Gasteiger partial charge in [0.2, 0.25) is 0 Å². The van der Waals surface area contributed by atoms with Crippen LogP contribution in [0.2, 0.25) is 0 Å². The number of hydrogen-bond donors (Lipinski definition) is 2. The smallest absolute Gasteiger partial charge is 0.338 e. The number of aryl methyl sites for hydroxylation is 2. The molecule has 0 bridgehead atoms. The van der Waals surface area contributed by atoms with Gasteiger partial charge >= 0.3 is 5.97 Å². The summed E-state index contributed by atoms with van der Waals surface area (Å²) in [6.07, 6.45) is -0.950. The van der Waals surface area contributed by atoms with Crippen LogP contribution < -0.4 is 5.32 Å². The molecule has 0 fully saturated rings. The maximum absolute atomic E-state index is 12.2. The Bertz CT molecular complexity index is 750. The quantitative estimate of drug-likeness (QED) is 0.814. The molecule has 0 saturated heterocycles. The molecule has 7 nitrogen and oxygen atoms in total. The zero-order valence-electron chi connectivity index (χ0n) is 14.2. The number of benzene rings is 1. The van der Waals surface area contributed by atoms with Crippen molar-refractivity contribution in [2.75, 3.05) is 5.32 Å². The van der Waals surface area contributed by atoms with Crippen molar-refractivity contribution in [3.05, 3.63) is 46.8 Å². The Labute approximate surface area is 140 Å². The number of nitrogens with one attached hydrogen (secondary N) is 1.